The van der Waals surface area contributed by atoms with Gasteiger partial charge in [-0.1, -0.05) is 53.4 Å². The number of nitrogens with two attached hydrogens (primary N) is 1. The molecule has 2 fully saturated rings. The summed E-state index contributed by atoms with van der Waals surface area (Å²) in [4.78, 5) is 12.5. The molecule has 0 spiro atoms. The smallest absolute Gasteiger partial charge is 0.238 e. The molecule has 2 aliphatic rings. The minimum absolute atomic E-state index is 0. The highest BCUT2D eigenvalue weighted by Gasteiger charge is 2.46. The van der Waals surface area contributed by atoms with Crippen molar-refractivity contribution >= 4 is 58.8 Å². The van der Waals surface area contributed by atoms with Gasteiger partial charge < -0.3 is 5.73 Å². The number of hydrogen-bond acceptors (Lipinski definition) is 4. The molecule has 4 rings (SSSR count). The molecule has 2 aromatic rings. The van der Waals surface area contributed by atoms with Crippen LogP contribution in [-0.4, -0.2) is 35.2 Å². The van der Waals surface area contributed by atoms with Gasteiger partial charge >= 0.3 is 0 Å². The fourth-order valence-corrected chi connectivity index (χ4v) is 4.87. The molecule has 30 heavy (non-hydrogen) atoms. The molecule has 2 aliphatic heterocycles. The van der Waals surface area contributed by atoms with Gasteiger partial charge in [-0.05, 0) is 48.7 Å². The number of carbonyl (C=O) groups excluding carboxylic acids is 1. The predicted octanol–water partition coefficient (Wildman–Crippen LogP) is 5.49. The van der Waals surface area contributed by atoms with Crippen molar-refractivity contribution in [3.05, 3.63) is 63.1 Å². The van der Waals surface area contributed by atoms with E-state index in [9.17, 15) is 4.79 Å². The molecule has 5 nitrogen and oxygen atoms in total. The molecule has 2 aromatic carbocycles. The second kappa shape index (κ2) is 9.94. The first kappa shape index (κ1) is 23.5. The van der Waals surface area contributed by atoms with Gasteiger partial charge in [0.1, 0.15) is 6.04 Å². The van der Waals surface area contributed by atoms with Gasteiger partial charge in [0.05, 0.1) is 16.8 Å². The normalized spacial score (nSPS) is 22.7. The average molecular weight is 490 g/mol. The predicted molar refractivity (Wildman–Crippen MR) is 125 cm³/mol. The van der Waals surface area contributed by atoms with Crippen LogP contribution in [0.25, 0.3) is 0 Å². The van der Waals surface area contributed by atoms with Crippen LogP contribution in [0.1, 0.15) is 37.3 Å². The monoisotopic (exact) mass is 488 g/mol. The van der Waals surface area contributed by atoms with Crippen molar-refractivity contribution in [3.8, 4) is 0 Å². The third-order valence-electron chi connectivity index (χ3n) is 5.60. The van der Waals surface area contributed by atoms with Gasteiger partial charge in [0.25, 0.3) is 0 Å². The zero-order valence-corrected chi connectivity index (χ0v) is 19.4. The van der Waals surface area contributed by atoms with Crippen LogP contribution in [0.5, 0.6) is 0 Å². The molecule has 0 bridgehead atoms. The number of nitrogens with zero attached hydrogens (tertiary/aromatic N) is 3. The number of halogens is 4. The maximum absolute atomic E-state index is 12.5. The van der Waals surface area contributed by atoms with Crippen LogP contribution in [0, 0.1) is 0 Å². The highest BCUT2D eigenvalue weighted by Crippen LogP contribution is 2.44. The van der Waals surface area contributed by atoms with Gasteiger partial charge in [-0.3, -0.25) is 9.80 Å². The lowest BCUT2D eigenvalue weighted by molar-refractivity contribution is -0.132. The van der Waals surface area contributed by atoms with Crippen molar-refractivity contribution in [2.45, 2.75) is 37.8 Å². The molecule has 0 saturated carbocycles. The summed E-state index contributed by atoms with van der Waals surface area (Å²) in [6.07, 6.45) is 3.91. The molecule has 0 aliphatic carbocycles. The minimum atomic E-state index is -0.458. The first-order valence-corrected chi connectivity index (χ1v) is 10.9. The molecular weight excluding hydrogens is 466 g/mol. The molecule has 0 radical (unpaired) electrons. The summed E-state index contributed by atoms with van der Waals surface area (Å²) in [6.45, 7) is 1.75. The number of piperidine rings is 1. The zero-order chi connectivity index (χ0) is 20.5. The Kier molecular flexibility index (Phi) is 7.77. The van der Waals surface area contributed by atoms with Crippen molar-refractivity contribution in [3.63, 3.8) is 0 Å². The van der Waals surface area contributed by atoms with Crippen molar-refractivity contribution < 1.29 is 4.79 Å². The topological polar surface area (TPSA) is 52.8 Å². The molecule has 2 heterocycles. The Morgan fingerprint density at radius 3 is 2.17 bits per heavy atom. The number of anilines is 1. The summed E-state index contributed by atoms with van der Waals surface area (Å²) in [6, 6.07) is 12.6. The summed E-state index contributed by atoms with van der Waals surface area (Å²) in [5.74, 6) is -0.345. The van der Waals surface area contributed by atoms with E-state index in [0.29, 0.717) is 21.5 Å². The summed E-state index contributed by atoms with van der Waals surface area (Å²) in [5, 5.41) is 8.11. The van der Waals surface area contributed by atoms with Crippen LogP contribution in [0.3, 0.4) is 0 Å². The fourth-order valence-electron chi connectivity index (χ4n) is 4.25. The molecule has 1 amide bonds. The number of carbonyl (C=O) groups is 1. The van der Waals surface area contributed by atoms with Crippen LogP contribution >= 0.6 is 47.2 Å². The highest BCUT2D eigenvalue weighted by atomic mass is 35.5. The van der Waals surface area contributed by atoms with E-state index in [1.54, 1.807) is 6.07 Å². The number of rotatable bonds is 4. The Hall–Kier alpha value is -1.21. The molecule has 0 aromatic heterocycles. The van der Waals surface area contributed by atoms with Gasteiger partial charge in [-0.2, -0.15) is 0 Å². The minimum Gasteiger partial charge on any atom is -0.368 e. The van der Waals surface area contributed by atoms with Crippen LogP contribution < -0.4 is 10.7 Å². The van der Waals surface area contributed by atoms with E-state index >= 15 is 0 Å². The molecule has 9 heteroatoms. The Morgan fingerprint density at radius 2 is 1.57 bits per heavy atom. The fraction of sp³-hybridized carbons (Fsp3) is 0.381. The number of amides is 1. The number of benzene rings is 2. The van der Waals surface area contributed by atoms with Crippen LogP contribution in [0.2, 0.25) is 15.1 Å². The molecular formula is C21H24Cl4N4O. The lowest BCUT2D eigenvalue weighted by Gasteiger charge is -2.44. The van der Waals surface area contributed by atoms with E-state index in [4.69, 9.17) is 40.5 Å². The molecule has 2 saturated heterocycles. The Bertz CT molecular complexity index is 889. The van der Waals surface area contributed by atoms with Gasteiger partial charge in [0.15, 0.2) is 0 Å². The largest absolute Gasteiger partial charge is 0.368 e. The summed E-state index contributed by atoms with van der Waals surface area (Å²) < 4.78 is 0. The van der Waals surface area contributed by atoms with Crippen molar-refractivity contribution in [2.24, 2.45) is 5.73 Å². The standard InChI is InChI=1S/C21H23Cl3N4O.ClH/c22-15-6-4-14(5-7-15)19-13-20(21(25)29)28(26-10-2-1-3-11-26)27(19)18-9-8-16(23)12-17(18)24;/h4-9,12,19-20H,1-3,10-11,13H2,(H2,25,29);1H. The number of hydrogen-bond donors (Lipinski definition) is 1. The van der Waals surface area contributed by atoms with E-state index in [1.165, 1.54) is 6.42 Å². The van der Waals surface area contributed by atoms with E-state index in [1.807, 2.05) is 41.5 Å². The highest BCUT2D eigenvalue weighted by molar-refractivity contribution is 6.36. The van der Waals surface area contributed by atoms with Crippen LogP contribution in [0.4, 0.5) is 5.69 Å². The summed E-state index contributed by atoms with van der Waals surface area (Å²) >= 11 is 18.9. The van der Waals surface area contributed by atoms with Gasteiger partial charge in [0, 0.05) is 29.6 Å². The third kappa shape index (κ3) is 4.67. The van der Waals surface area contributed by atoms with Gasteiger partial charge in [0.2, 0.25) is 5.91 Å². The van der Waals surface area contributed by atoms with E-state index in [-0.39, 0.29) is 24.4 Å². The van der Waals surface area contributed by atoms with E-state index in [0.717, 1.165) is 37.2 Å². The van der Waals surface area contributed by atoms with Gasteiger partial charge in [-0.25, -0.2) is 5.01 Å². The molecule has 162 valence electrons. The molecule has 2 N–H and O–H groups in total. The second-order valence-electron chi connectivity index (χ2n) is 7.50. The summed E-state index contributed by atoms with van der Waals surface area (Å²) in [5.41, 5.74) is 7.70. The lowest BCUT2D eigenvalue weighted by atomic mass is 10.0. The maximum Gasteiger partial charge on any atom is 0.238 e. The third-order valence-corrected chi connectivity index (χ3v) is 6.39. The first-order chi connectivity index (χ1) is 14.0. The lowest BCUT2D eigenvalue weighted by Crippen LogP contribution is -2.58. The Balaban J connectivity index is 0.00000256. The average Bonchev–Trinajstić information content (AvgIpc) is 3.10. The van der Waals surface area contributed by atoms with Crippen molar-refractivity contribution in [2.75, 3.05) is 18.1 Å². The van der Waals surface area contributed by atoms with Gasteiger partial charge in [-0.15, -0.1) is 17.5 Å². The Labute approximate surface area is 198 Å². The van der Waals surface area contributed by atoms with Crippen molar-refractivity contribution in [1.29, 1.82) is 0 Å². The number of hydrazine groups is 2. The van der Waals surface area contributed by atoms with Crippen LogP contribution in [-0.2, 0) is 4.79 Å². The van der Waals surface area contributed by atoms with E-state index < -0.39 is 6.04 Å². The van der Waals surface area contributed by atoms with E-state index in [2.05, 4.69) is 10.0 Å². The summed E-state index contributed by atoms with van der Waals surface area (Å²) in [7, 11) is 0. The SMILES string of the molecule is Cl.NC(=O)C1CC(c2ccc(Cl)cc2)N(c2ccc(Cl)cc2Cl)N1N1CCCCC1. The number of primary amides is 1. The van der Waals surface area contributed by atoms with Crippen LogP contribution in [0.15, 0.2) is 42.5 Å². The molecule has 2 atom stereocenters. The zero-order valence-electron chi connectivity index (χ0n) is 16.3. The van der Waals surface area contributed by atoms with Crippen molar-refractivity contribution in [1.82, 2.24) is 10.1 Å². The maximum atomic E-state index is 12.5. The quantitative estimate of drug-likeness (QED) is 0.616. The Morgan fingerprint density at radius 1 is 0.933 bits per heavy atom. The second-order valence-corrected chi connectivity index (χ2v) is 8.78. The molecule has 2 unspecified atom stereocenters. The first-order valence-electron chi connectivity index (χ1n) is 9.79.